The van der Waals surface area contributed by atoms with E-state index in [1.54, 1.807) is 17.0 Å². The van der Waals surface area contributed by atoms with Crippen molar-refractivity contribution < 1.29 is 14.7 Å². The molecule has 0 aliphatic heterocycles. The number of anilines is 1. The van der Waals surface area contributed by atoms with Crippen molar-refractivity contribution in [1.29, 1.82) is 0 Å². The number of amides is 1. The molecular formula is C14H21N5O3S. The standard InChI is InChI=1S/C13H19N5OS.CH2O2/c1-3-4-5-6-12-16-17-13(20-12)15-11(19)9-18-8-7-14-10(18)2;2-1-3/h7-8H,3-6,9H2,1-2H3,(H,15,17,19);1H,(H,2,3). The van der Waals surface area contributed by atoms with E-state index in [-0.39, 0.29) is 18.9 Å². The molecule has 0 radical (unpaired) electrons. The van der Waals surface area contributed by atoms with Crippen molar-refractivity contribution in [3.63, 3.8) is 0 Å². The Morgan fingerprint density at radius 2 is 2.17 bits per heavy atom. The minimum atomic E-state index is -0.250. The summed E-state index contributed by atoms with van der Waals surface area (Å²) in [6, 6.07) is 0. The smallest absolute Gasteiger partial charge is 0.290 e. The second-order valence-corrected chi connectivity index (χ2v) is 5.78. The van der Waals surface area contributed by atoms with Crippen LogP contribution >= 0.6 is 11.3 Å². The van der Waals surface area contributed by atoms with Crippen molar-refractivity contribution in [2.75, 3.05) is 5.32 Å². The molecule has 2 N–H and O–H groups in total. The molecule has 0 atom stereocenters. The predicted molar refractivity (Wildman–Crippen MR) is 87.4 cm³/mol. The molecule has 0 aromatic carbocycles. The molecule has 0 aliphatic carbocycles. The van der Waals surface area contributed by atoms with Gasteiger partial charge in [0.05, 0.1) is 0 Å². The maximum atomic E-state index is 11.9. The SMILES string of the molecule is CCCCCc1nnc(NC(=O)Cn2ccnc2C)s1.O=CO. The van der Waals surface area contributed by atoms with Gasteiger partial charge in [-0.1, -0.05) is 31.1 Å². The molecule has 23 heavy (non-hydrogen) atoms. The number of aromatic nitrogens is 4. The topological polar surface area (TPSA) is 110 Å². The third kappa shape index (κ3) is 7.00. The number of rotatable bonds is 7. The Morgan fingerprint density at radius 1 is 1.43 bits per heavy atom. The van der Waals surface area contributed by atoms with Gasteiger partial charge in [0, 0.05) is 18.8 Å². The lowest BCUT2D eigenvalue weighted by Gasteiger charge is -2.03. The van der Waals surface area contributed by atoms with Crippen LogP contribution in [0.5, 0.6) is 0 Å². The molecule has 2 aromatic heterocycles. The van der Waals surface area contributed by atoms with Crippen LogP contribution in [0.25, 0.3) is 0 Å². The van der Waals surface area contributed by atoms with Gasteiger partial charge in [-0.3, -0.25) is 14.9 Å². The highest BCUT2D eigenvalue weighted by Gasteiger charge is 2.09. The average Bonchev–Trinajstić information content (AvgIpc) is 3.10. The number of hydrogen-bond donors (Lipinski definition) is 2. The van der Waals surface area contributed by atoms with Crippen LogP contribution in [0, 0.1) is 6.92 Å². The molecule has 2 aromatic rings. The number of aryl methyl sites for hydroxylation is 2. The van der Waals surface area contributed by atoms with Crippen LogP contribution in [0.3, 0.4) is 0 Å². The molecule has 126 valence electrons. The first kappa shape index (κ1) is 18.8. The molecule has 0 saturated heterocycles. The van der Waals surface area contributed by atoms with E-state index in [1.165, 1.54) is 24.2 Å². The van der Waals surface area contributed by atoms with Gasteiger partial charge in [0.1, 0.15) is 17.4 Å². The van der Waals surface area contributed by atoms with Gasteiger partial charge < -0.3 is 9.67 Å². The number of unbranched alkanes of at least 4 members (excludes halogenated alkanes) is 2. The van der Waals surface area contributed by atoms with Crippen LogP contribution in [-0.2, 0) is 22.6 Å². The van der Waals surface area contributed by atoms with E-state index in [0.29, 0.717) is 5.13 Å². The summed E-state index contributed by atoms with van der Waals surface area (Å²) in [5.74, 6) is 0.708. The Hall–Kier alpha value is -2.29. The minimum absolute atomic E-state index is 0.109. The van der Waals surface area contributed by atoms with Gasteiger partial charge in [0.15, 0.2) is 0 Å². The molecule has 9 heteroatoms. The van der Waals surface area contributed by atoms with Crippen LogP contribution in [-0.4, -0.2) is 37.2 Å². The summed E-state index contributed by atoms with van der Waals surface area (Å²) >= 11 is 1.45. The van der Waals surface area contributed by atoms with Crippen molar-refractivity contribution in [1.82, 2.24) is 19.7 Å². The van der Waals surface area contributed by atoms with Crippen molar-refractivity contribution in [2.45, 2.75) is 46.1 Å². The highest BCUT2D eigenvalue weighted by Crippen LogP contribution is 2.17. The fourth-order valence-corrected chi connectivity index (χ4v) is 2.61. The summed E-state index contributed by atoms with van der Waals surface area (Å²) in [4.78, 5) is 24.3. The largest absolute Gasteiger partial charge is 0.483 e. The number of nitrogens with zero attached hydrogens (tertiary/aromatic N) is 4. The molecule has 0 spiro atoms. The molecule has 0 saturated carbocycles. The third-order valence-electron chi connectivity index (χ3n) is 2.94. The zero-order valence-electron chi connectivity index (χ0n) is 13.2. The molecule has 8 nitrogen and oxygen atoms in total. The molecule has 0 fully saturated rings. The fraction of sp³-hybridized carbons (Fsp3) is 0.500. The first-order valence-electron chi connectivity index (χ1n) is 7.28. The Bertz CT molecular complexity index is 611. The van der Waals surface area contributed by atoms with Gasteiger partial charge in [0.2, 0.25) is 11.0 Å². The van der Waals surface area contributed by atoms with E-state index >= 15 is 0 Å². The highest BCUT2D eigenvalue weighted by atomic mass is 32.1. The van der Waals surface area contributed by atoms with Gasteiger partial charge >= 0.3 is 0 Å². The third-order valence-corrected chi connectivity index (χ3v) is 3.84. The van der Waals surface area contributed by atoms with E-state index in [2.05, 4.69) is 27.4 Å². The summed E-state index contributed by atoms with van der Waals surface area (Å²) in [5, 5.41) is 19.3. The monoisotopic (exact) mass is 339 g/mol. The fourth-order valence-electron chi connectivity index (χ4n) is 1.82. The normalized spacial score (nSPS) is 9.83. The van der Waals surface area contributed by atoms with Gasteiger partial charge in [0.25, 0.3) is 6.47 Å². The van der Waals surface area contributed by atoms with Crippen LogP contribution in [0.2, 0.25) is 0 Å². The lowest BCUT2D eigenvalue weighted by atomic mass is 10.2. The van der Waals surface area contributed by atoms with Gasteiger partial charge in [-0.25, -0.2) is 4.98 Å². The van der Waals surface area contributed by atoms with Crippen LogP contribution in [0.1, 0.15) is 37.0 Å². The first-order valence-corrected chi connectivity index (χ1v) is 8.10. The lowest BCUT2D eigenvalue weighted by molar-refractivity contribution is -0.123. The Balaban J connectivity index is 0.000000816. The predicted octanol–water partition coefficient (Wildman–Crippen LogP) is 2.12. The summed E-state index contributed by atoms with van der Waals surface area (Å²) in [7, 11) is 0. The molecule has 2 rings (SSSR count). The molecule has 2 heterocycles. The molecule has 0 aliphatic rings. The summed E-state index contributed by atoms with van der Waals surface area (Å²) < 4.78 is 1.79. The first-order chi connectivity index (χ1) is 11.1. The van der Waals surface area contributed by atoms with E-state index in [0.717, 1.165) is 23.7 Å². The number of carbonyl (C=O) groups excluding carboxylic acids is 1. The van der Waals surface area contributed by atoms with Crippen molar-refractivity contribution in [3.8, 4) is 0 Å². The molecule has 1 amide bonds. The summed E-state index contributed by atoms with van der Waals surface area (Å²) in [6.07, 6.45) is 7.90. The van der Waals surface area contributed by atoms with Crippen LogP contribution in [0.15, 0.2) is 12.4 Å². The van der Waals surface area contributed by atoms with Crippen LogP contribution in [0.4, 0.5) is 5.13 Å². The molecule has 0 bridgehead atoms. The number of hydrogen-bond acceptors (Lipinski definition) is 6. The van der Waals surface area contributed by atoms with Gasteiger partial charge in [-0.2, -0.15) is 0 Å². The quantitative estimate of drug-likeness (QED) is 0.590. The maximum absolute atomic E-state index is 11.9. The Labute approximate surface area is 138 Å². The molecule has 0 unspecified atom stereocenters. The van der Waals surface area contributed by atoms with E-state index < -0.39 is 0 Å². The Morgan fingerprint density at radius 3 is 2.78 bits per heavy atom. The zero-order valence-corrected chi connectivity index (χ0v) is 14.0. The lowest BCUT2D eigenvalue weighted by Crippen LogP contribution is -2.18. The average molecular weight is 339 g/mol. The van der Waals surface area contributed by atoms with Gasteiger partial charge in [-0.15, -0.1) is 10.2 Å². The second-order valence-electron chi connectivity index (χ2n) is 4.71. The maximum Gasteiger partial charge on any atom is 0.290 e. The zero-order chi connectivity index (χ0) is 17.1. The Kier molecular flexibility index (Phi) is 8.51. The van der Waals surface area contributed by atoms with Crippen LogP contribution < -0.4 is 5.32 Å². The number of imidazole rings is 1. The molecular weight excluding hydrogens is 318 g/mol. The summed E-state index contributed by atoms with van der Waals surface area (Å²) in [6.45, 7) is 4.03. The van der Waals surface area contributed by atoms with Crippen molar-refractivity contribution >= 4 is 28.8 Å². The van der Waals surface area contributed by atoms with Crippen molar-refractivity contribution in [2.24, 2.45) is 0 Å². The number of nitrogens with one attached hydrogen (secondary N) is 1. The van der Waals surface area contributed by atoms with Crippen molar-refractivity contribution in [3.05, 3.63) is 23.2 Å². The summed E-state index contributed by atoms with van der Waals surface area (Å²) in [5.41, 5.74) is 0. The number of carboxylic acid groups (broad SMARTS) is 1. The van der Waals surface area contributed by atoms with E-state index in [9.17, 15) is 4.79 Å². The minimum Gasteiger partial charge on any atom is -0.483 e. The number of carbonyl (C=O) groups is 2. The van der Waals surface area contributed by atoms with E-state index in [1.807, 2.05) is 6.92 Å². The highest BCUT2D eigenvalue weighted by molar-refractivity contribution is 7.15. The van der Waals surface area contributed by atoms with Gasteiger partial charge in [-0.05, 0) is 13.3 Å². The second kappa shape index (κ2) is 10.4. The van der Waals surface area contributed by atoms with E-state index in [4.69, 9.17) is 9.90 Å².